The number of nitrogens with zero attached hydrogens (tertiary/aromatic N) is 2. The lowest BCUT2D eigenvalue weighted by Gasteiger charge is -2.17. The van der Waals surface area contributed by atoms with Crippen molar-refractivity contribution in [2.24, 2.45) is 5.92 Å². The zero-order valence-electron chi connectivity index (χ0n) is 12.8. The molecule has 5 nitrogen and oxygen atoms in total. The number of hydrogen-bond donors (Lipinski definition) is 1. The lowest BCUT2D eigenvalue weighted by Crippen LogP contribution is -2.26. The summed E-state index contributed by atoms with van der Waals surface area (Å²) >= 11 is 1.49. The molecular weight excluding hydrogens is 310 g/mol. The molecule has 6 heteroatoms. The molecule has 2 heterocycles. The number of hydrogen-bond acceptors (Lipinski definition) is 4. The number of amides is 1. The molecule has 23 heavy (non-hydrogen) atoms. The highest BCUT2D eigenvalue weighted by Crippen LogP contribution is 2.39. The minimum absolute atomic E-state index is 0.0521. The van der Waals surface area contributed by atoms with E-state index in [1.54, 1.807) is 18.3 Å². The van der Waals surface area contributed by atoms with E-state index in [-0.39, 0.29) is 18.0 Å². The summed E-state index contributed by atoms with van der Waals surface area (Å²) in [6, 6.07) is 6.99. The number of nitrogens with one attached hydrogen (secondary N) is 1. The van der Waals surface area contributed by atoms with E-state index < -0.39 is 0 Å². The minimum atomic E-state index is -0.290. The molecule has 1 unspecified atom stereocenters. The van der Waals surface area contributed by atoms with Crippen molar-refractivity contribution in [3.8, 4) is 6.07 Å². The van der Waals surface area contributed by atoms with E-state index >= 15 is 0 Å². The summed E-state index contributed by atoms with van der Waals surface area (Å²) in [6.45, 7) is 2.15. The van der Waals surface area contributed by atoms with Crippen LogP contribution in [0.15, 0.2) is 29.2 Å². The van der Waals surface area contributed by atoms with Crippen molar-refractivity contribution < 1.29 is 4.79 Å². The predicted molar refractivity (Wildman–Crippen MR) is 89.6 cm³/mol. The van der Waals surface area contributed by atoms with Gasteiger partial charge in [0.05, 0.1) is 5.56 Å². The molecule has 0 radical (unpaired) electrons. The summed E-state index contributed by atoms with van der Waals surface area (Å²) in [5.41, 5.74) is 1.45. The average Bonchev–Trinajstić information content (AvgIpc) is 2.85. The number of anilines is 1. The fraction of sp³-hybridized carbons (Fsp3) is 0.353. The summed E-state index contributed by atoms with van der Waals surface area (Å²) < 4.78 is 1.34. The van der Waals surface area contributed by atoms with Gasteiger partial charge in [0.1, 0.15) is 17.6 Å². The molecule has 1 N–H and O–H groups in total. The van der Waals surface area contributed by atoms with Gasteiger partial charge in [-0.2, -0.15) is 5.26 Å². The maximum absolute atomic E-state index is 12.2. The third-order valence-corrected chi connectivity index (χ3v) is 5.26. The van der Waals surface area contributed by atoms with Crippen molar-refractivity contribution in [1.82, 2.24) is 4.57 Å². The highest BCUT2D eigenvalue weighted by atomic mass is 32.1. The molecular formula is C17H17N3O2S. The molecule has 0 bridgehead atoms. The molecule has 1 aliphatic rings. The number of fused-ring (bicyclic) bond motifs is 1. The second-order valence-electron chi connectivity index (χ2n) is 5.88. The van der Waals surface area contributed by atoms with E-state index in [0.29, 0.717) is 16.5 Å². The molecule has 1 aliphatic carbocycles. The van der Waals surface area contributed by atoms with Gasteiger partial charge in [0.25, 0.3) is 5.56 Å². The number of carbonyl (C=O) groups is 1. The van der Waals surface area contributed by atoms with E-state index in [2.05, 4.69) is 18.3 Å². The van der Waals surface area contributed by atoms with Crippen molar-refractivity contribution in [2.45, 2.75) is 32.7 Å². The first kappa shape index (κ1) is 15.5. The first-order valence-corrected chi connectivity index (χ1v) is 8.40. The van der Waals surface area contributed by atoms with E-state index in [1.807, 2.05) is 0 Å². The van der Waals surface area contributed by atoms with Crippen LogP contribution in [0.4, 0.5) is 5.00 Å². The zero-order chi connectivity index (χ0) is 16.4. The Kier molecular flexibility index (Phi) is 4.30. The van der Waals surface area contributed by atoms with Crippen LogP contribution in [0.3, 0.4) is 0 Å². The highest BCUT2D eigenvalue weighted by molar-refractivity contribution is 7.16. The minimum Gasteiger partial charge on any atom is -0.315 e. The van der Waals surface area contributed by atoms with Crippen molar-refractivity contribution in [3.63, 3.8) is 0 Å². The van der Waals surface area contributed by atoms with Crippen molar-refractivity contribution >= 4 is 22.2 Å². The fourth-order valence-corrected chi connectivity index (χ4v) is 4.25. The molecule has 118 valence electrons. The Morgan fingerprint density at radius 1 is 1.52 bits per heavy atom. The monoisotopic (exact) mass is 327 g/mol. The van der Waals surface area contributed by atoms with Crippen LogP contribution in [-0.4, -0.2) is 10.5 Å². The van der Waals surface area contributed by atoms with Crippen LogP contribution in [0.5, 0.6) is 0 Å². The van der Waals surface area contributed by atoms with Gasteiger partial charge in [0.2, 0.25) is 5.91 Å². The number of rotatable bonds is 3. The zero-order valence-corrected chi connectivity index (χ0v) is 13.7. The standard InChI is InChI=1S/C17H17N3O2S/c1-11-5-6-12-13(9-18)17(23-14(12)8-11)19-15(21)10-20-7-3-2-4-16(20)22/h2-4,7,11H,5-6,8,10H2,1H3,(H,19,21). The number of nitriles is 1. The highest BCUT2D eigenvalue weighted by Gasteiger charge is 2.24. The molecule has 0 spiro atoms. The summed E-state index contributed by atoms with van der Waals surface area (Å²) in [4.78, 5) is 25.1. The molecule has 0 aliphatic heterocycles. The van der Waals surface area contributed by atoms with Crippen LogP contribution in [-0.2, 0) is 24.2 Å². The van der Waals surface area contributed by atoms with Gasteiger partial charge in [-0.1, -0.05) is 13.0 Å². The molecule has 2 aromatic heterocycles. The number of carbonyl (C=O) groups excluding carboxylic acids is 1. The number of thiophene rings is 1. The molecule has 1 atom stereocenters. The Balaban J connectivity index is 1.81. The SMILES string of the molecule is CC1CCc2c(sc(NC(=O)Cn3ccccc3=O)c2C#N)C1. The first-order valence-electron chi connectivity index (χ1n) is 7.58. The lowest BCUT2D eigenvalue weighted by molar-refractivity contribution is -0.116. The average molecular weight is 327 g/mol. The first-order chi connectivity index (χ1) is 11.1. The molecule has 0 aromatic carbocycles. The van der Waals surface area contributed by atoms with Gasteiger partial charge < -0.3 is 9.88 Å². The molecule has 1 amide bonds. The normalized spacial score (nSPS) is 16.4. The summed E-state index contributed by atoms with van der Waals surface area (Å²) in [5.74, 6) is 0.320. The second-order valence-corrected chi connectivity index (χ2v) is 6.99. The van der Waals surface area contributed by atoms with Gasteiger partial charge in [-0.15, -0.1) is 11.3 Å². The van der Waals surface area contributed by atoms with Crippen LogP contribution in [0.2, 0.25) is 0 Å². The Morgan fingerprint density at radius 3 is 3.09 bits per heavy atom. The molecule has 3 rings (SSSR count). The Hall–Kier alpha value is -2.39. The smallest absolute Gasteiger partial charge is 0.250 e. The quantitative estimate of drug-likeness (QED) is 0.941. The van der Waals surface area contributed by atoms with Gasteiger partial charge >= 0.3 is 0 Å². The second kappa shape index (κ2) is 6.39. The van der Waals surface area contributed by atoms with Gasteiger partial charge in [-0.3, -0.25) is 9.59 Å². The van der Waals surface area contributed by atoms with Gasteiger partial charge in [0.15, 0.2) is 0 Å². The maximum atomic E-state index is 12.2. The topological polar surface area (TPSA) is 74.9 Å². The summed E-state index contributed by atoms with van der Waals surface area (Å²) in [5, 5.41) is 12.8. The Bertz CT molecular complexity index is 844. The Labute approximate surface area is 138 Å². The maximum Gasteiger partial charge on any atom is 0.250 e. The number of pyridine rings is 1. The molecule has 0 saturated heterocycles. The van der Waals surface area contributed by atoms with Crippen molar-refractivity contribution in [3.05, 3.63) is 50.8 Å². The van der Waals surface area contributed by atoms with Gasteiger partial charge in [-0.05, 0) is 36.8 Å². The lowest BCUT2D eigenvalue weighted by atomic mass is 9.89. The van der Waals surface area contributed by atoms with Crippen LogP contribution >= 0.6 is 11.3 Å². The molecule has 0 fully saturated rings. The molecule has 2 aromatic rings. The molecule has 0 saturated carbocycles. The fourth-order valence-electron chi connectivity index (χ4n) is 2.87. The van der Waals surface area contributed by atoms with E-state index in [0.717, 1.165) is 24.8 Å². The number of aromatic nitrogens is 1. The van der Waals surface area contributed by atoms with Crippen molar-refractivity contribution in [1.29, 1.82) is 5.26 Å². The third kappa shape index (κ3) is 3.20. The van der Waals surface area contributed by atoms with Crippen LogP contribution in [0.25, 0.3) is 0 Å². The Morgan fingerprint density at radius 2 is 2.35 bits per heavy atom. The van der Waals surface area contributed by atoms with Crippen LogP contribution in [0.1, 0.15) is 29.3 Å². The van der Waals surface area contributed by atoms with E-state index in [4.69, 9.17) is 0 Å². The van der Waals surface area contributed by atoms with Crippen molar-refractivity contribution in [2.75, 3.05) is 5.32 Å². The van der Waals surface area contributed by atoms with Gasteiger partial charge in [0, 0.05) is 17.1 Å². The van der Waals surface area contributed by atoms with Crippen LogP contribution < -0.4 is 10.9 Å². The summed E-state index contributed by atoms with van der Waals surface area (Å²) in [6.07, 6.45) is 4.51. The largest absolute Gasteiger partial charge is 0.315 e. The van der Waals surface area contributed by atoms with E-state index in [1.165, 1.54) is 26.8 Å². The van der Waals surface area contributed by atoms with E-state index in [9.17, 15) is 14.9 Å². The van der Waals surface area contributed by atoms with Crippen LogP contribution in [0, 0.1) is 17.2 Å². The summed E-state index contributed by atoms with van der Waals surface area (Å²) in [7, 11) is 0. The van der Waals surface area contributed by atoms with Gasteiger partial charge in [-0.25, -0.2) is 0 Å². The third-order valence-electron chi connectivity index (χ3n) is 4.09. The predicted octanol–water partition coefficient (Wildman–Crippen LogP) is 2.54.